The number of hydrogen-bond donors (Lipinski definition) is 2. The average molecular weight is 460 g/mol. The summed E-state index contributed by atoms with van der Waals surface area (Å²) < 4.78 is 16.4. The lowest BCUT2D eigenvalue weighted by molar-refractivity contribution is -0.146. The summed E-state index contributed by atoms with van der Waals surface area (Å²) in [6.07, 6.45) is 1.31. The first-order valence-electron chi connectivity index (χ1n) is 10.0. The molecule has 2 aromatic heterocycles. The SMILES string of the molecule is CNCC(=O)N1CCN(c2cc(-c3cc(Cl)c4c(N)ncnn34)ccc2F)C(=O)C1(C)C. The molecule has 1 saturated heterocycles. The minimum Gasteiger partial charge on any atom is -0.382 e. The van der Waals surface area contributed by atoms with Crippen LogP contribution in [0.25, 0.3) is 16.8 Å². The molecule has 9 nitrogen and oxygen atoms in total. The van der Waals surface area contributed by atoms with Gasteiger partial charge in [0.2, 0.25) is 5.91 Å². The normalized spacial score (nSPS) is 16.1. The summed E-state index contributed by atoms with van der Waals surface area (Å²) in [5.74, 6) is -0.882. The summed E-state index contributed by atoms with van der Waals surface area (Å²) in [7, 11) is 1.67. The van der Waals surface area contributed by atoms with E-state index in [1.165, 1.54) is 26.7 Å². The van der Waals surface area contributed by atoms with Gasteiger partial charge >= 0.3 is 0 Å². The second-order valence-electron chi connectivity index (χ2n) is 8.04. The number of aromatic nitrogens is 3. The van der Waals surface area contributed by atoms with E-state index in [1.807, 2.05) is 0 Å². The Hall–Kier alpha value is -3.24. The van der Waals surface area contributed by atoms with Crippen molar-refractivity contribution in [2.75, 3.05) is 37.3 Å². The maximum absolute atomic E-state index is 14.9. The van der Waals surface area contributed by atoms with Crippen LogP contribution in [0, 0.1) is 5.82 Å². The quantitative estimate of drug-likeness (QED) is 0.617. The fraction of sp³-hybridized carbons (Fsp3) is 0.333. The highest BCUT2D eigenvalue weighted by Crippen LogP contribution is 2.35. The molecule has 11 heteroatoms. The molecule has 168 valence electrons. The molecule has 0 radical (unpaired) electrons. The van der Waals surface area contributed by atoms with E-state index in [4.69, 9.17) is 17.3 Å². The van der Waals surface area contributed by atoms with E-state index in [0.717, 1.165) is 0 Å². The molecule has 1 fully saturated rings. The predicted octanol–water partition coefficient (Wildman–Crippen LogP) is 1.94. The van der Waals surface area contributed by atoms with Crippen LogP contribution in [0.2, 0.25) is 5.02 Å². The Kier molecular flexibility index (Phi) is 5.51. The monoisotopic (exact) mass is 459 g/mol. The first-order chi connectivity index (χ1) is 15.2. The van der Waals surface area contributed by atoms with Gasteiger partial charge in [-0.3, -0.25) is 9.59 Å². The molecule has 0 unspecified atom stereocenters. The second-order valence-corrected chi connectivity index (χ2v) is 8.45. The van der Waals surface area contributed by atoms with Gasteiger partial charge in [0.05, 0.1) is 22.9 Å². The van der Waals surface area contributed by atoms with Gasteiger partial charge in [0.1, 0.15) is 23.2 Å². The van der Waals surface area contributed by atoms with Crippen LogP contribution in [0.4, 0.5) is 15.9 Å². The number of amides is 2. The number of fused-ring (bicyclic) bond motifs is 1. The lowest BCUT2D eigenvalue weighted by Gasteiger charge is -2.46. The number of halogens is 2. The van der Waals surface area contributed by atoms with E-state index < -0.39 is 11.4 Å². The zero-order chi connectivity index (χ0) is 23.2. The van der Waals surface area contributed by atoms with E-state index in [1.54, 1.807) is 39.1 Å². The van der Waals surface area contributed by atoms with Crippen LogP contribution in [-0.2, 0) is 9.59 Å². The molecular formula is C21H23ClFN7O2. The lowest BCUT2D eigenvalue weighted by Crippen LogP contribution is -2.65. The van der Waals surface area contributed by atoms with Crippen molar-refractivity contribution in [3.05, 3.63) is 41.4 Å². The summed E-state index contributed by atoms with van der Waals surface area (Å²) in [6, 6.07) is 6.11. The molecule has 32 heavy (non-hydrogen) atoms. The number of carbonyl (C=O) groups excluding carboxylic acids is 2. The van der Waals surface area contributed by atoms with Crippen LogP contribution in [-0.4, -0.2) is 63.5 Å². The third kappa shape index (κ3) is 3.45. The number of nitrogens with two attached hydrogens (primary N) is 1. The van der Waals surface area contributed by atoms with Crippen molar-refractivity contribution in [3.63, 3.8) is 0 Å². The minimum absolute atomic E-state index is 0.119. The van der Waals surface area contributed by atoms with Gasteiger partial charge in [0.25, 0.3) is 5.91 Å². The van der Waals surface area contributed by atoms with Gasteiger partial charge in [-0.1, -0.05) is 11.6 Å². The number of rotatable bonds is 4. The number of carbonyl (C=O) groups is 2. The average Bonchev–Trinajstić information content (AvgIpc) is 3.08. The van der Waals surface area contributed by atoms with Gasteiger partial charge in [0.15, 0.2) is 5.82 Å². The van der Waals surface area contributed by atoms with Crippen LogP contribution in [0.5, 0.6) is 0 Å². The Balaban J connectivity index is 1.74. The van der Waals surface area contributed by atoms with Gasteiger partial charge in [-0.15, -0.1) is 0 Å². The molecule has 3 heterocycles. The van der Waals surface area contributed by atoms with Crippen molar-refractivity contribution < 1.29 is 14.0 Å². The fourth-order valence-corrected chi connectivity index (χ4v) is 4.33. The van der Waals surface area contributed by atoms with Crippen molar-refractivity contribution in [1.29, 1.82) is 0 Å². The van der Waals surface area contributed by atoms with Gasteiger partial charge < -0.3 is 20.9 Å². The standard InChI is InChI=1S/C21H23ClFN7O2/c1-21(2)20(32)28(6-7-29(21)17(31)10-25-3)16-8-12(4-5-14(16)23)15-9-13(22)18-19(24)26-11-27-30(15)18/h4-5,8-9,11,25H,6-7,10H2,1-3H3,(H2,24,26,27). The molecule has 1 aromatic carbocycles. The molecule has 1 aliphatic heterocycles. The summed E-state index contributed by atoms with van der Waals surface area (Å²) in [5.41, 5.74) is 6.54. The molecule has 0 spiro atoms. The van der Waals surface area contributed by atoms with Crippen LogP contribution in [0.3, 0.4) is 0 Å². The Morgan fingerprint density at radius 2 is 2.06 bits per heavy atom. The van der Waals surface area contributed by atoms with E-state index in [2.05, 4.69) is 15.4 Å². The van der Waals surface area contributed by atoms with Crippen molar-refractivity contribution >= 4 is 40.4 Å². The van der Waals surface area contributed by atoms with E-state index in [-0.39, 0.29) is 43.0 Å². The fourth-order valence-electron chi connectivity index (χ4n) is 4.05. The van der Waals surface area contributed by atoms with Gasteiger partial charge in [-0.05, 0) is 45.2 Å². The first-order valence-corrected chi connectivity index (χ1v) is 10.4. The molecule has 3 N–H and O–H groups in total. The molecule has 0 aliphatic carbocycles. The first kappa shape index (κ1) is 22.0. The summed E-state index contributed by atoms with van der Waals surface area (Å²) in [6.45, 7) is 3.90. The number of piperazine rings is 1. The molecule has 0 saturated carbocycles. The van der Waals surface area contributed by atoms with Crippen molar-refractivity contribution in [2.45, 2.75) is 19.4 Å². The van der Waals surface area contributed by atoms with Gasteiger partial charge in [0, 0.05) is 18.7 Å². The maximum atomic E-state index is 14.9. The zero-order valence-corrected chi connectivity index (χ0v) is 18.6. The highest BCUT2D eigenvalue weighted by molar-refractivity contribution is 6.35. The highest BCUT2D eigenvalue weighted by atomic mass is 35.5. The Morgan fingerprint density at radius 3 is 2.78 bits per heavy atom. The Labute approximate surface area is 188 Å². The van der Waals surface area contributed by atoms with Crippen LogP contribution < -0.4 is 16.0 Å². The number of nitrogens with one attached hydrogen (secondary N) is 1. The number of anilines is 2. The summed E-state index contributed by atoms with van der Waals surface area (Å²) in [5, 5.41) is 7.37. The van der Waals surface area contributed by atoms with Gasteiger partial charge in [-0.25, -0.2) is 13.9 Å². The summed E-state index contributed by atoms with van der Waals surface area (Å²) in [4.78, 5) is 32.6. The molecule has 0 atom stereocenters. The van der Waals surface area contributed by atoms with Gasteiger partial charge in [-0.2, -0.15) is 5.10 Å². The molecule has 4 rings (SSSR count). The number of likely N-dealkylation sites (N-methyl/N-ethyl adjacent to an activating group) is 1. The van der Waals surface area contributed by atoms with E-state index >= 15 is 0 Å². The number of benzene rings is 1. The number of nitrogens with zero attached hydrogens (tertiary/aromatic N) is 5. The van der Waals surface area contributed by atoms with Crippen molar-refractivity contribution in [3.8, 4) is 11.3 Å². The molecule has 0 bridgehead atoms. The maximum Gasteiger partial charge on any atom is 0.252 e. The topological polar surface area (TPSA) is 109 Å². The molecule has 3 aromatic rings. The molecular weight excluding hydrogens is 437 g/mol. The van der Waals surface area contributed by atoms with Crippen molar-refractivity contribution in [1.82, 2.24) is 24.8 Å². The van der Waals surface area contributed by atoms with Crippen LogP contribution in [0.1, 0.15) is 13.8 Å². The number of hydrogen-bond acceptors (Lipinski definition) is 6. The van der Waals surface area contributed by atoms with Crippen molar-refractivity contribution in [2.24, 2.45) is 0 Å². The highest BCUT2D eigenvalue weighted by Gasteiger charge is 2.45. The number of nitrogen functional groups attached to an aromatic ring is 1. The minimum atomic E-state index is -1.12. The second kappa shape index (κ2) is 8.03. The smallest absolute Gasteiger partial charge is 0.252 e. The largest absolute Gasteiger partial charge is 0.382 e. The summed E-state index contributed by atoms with van der Waals surface area (Å²) >= 11 is 6.32. The lowest BCUT2D eigenvalue weighted by atomic mass is 9.96. The van der Waals surface area contributed by atoms with E-state index in [0.29, 0.717) is 21.8 Å². The Morgan fingerprint density at radius 1 is 1.31 bits per heavy atom. The predicted molar refractivity (Wildman–Crippen MR) is 120 cm³/mol. The molecule has 2 amide bonds. The van der Waals surface area contributed by atoms with Crippen LogP contribution in [0.15, 0.2) is 30.6 Å². The third-order valence-electron chi connectivity index (χ3n) is 5.69. The van der Waals surface area contributed by atoms with Crippen LogP contribution >= 0.6 is 11.6 Å². The third-order valence-corrected chi connectivity index (χ3v) is 5.98. The Bertz CT molecular complexity index is 1230. The van der Waals surface area contributed by atoms with E-state index in [9.17, 15) is 14.0 Å². The molecule has 1 aliphatic rings. The zero-order valence-electron chi connectivity index (χ0n) is 17.9.